The Balaban J connectivity index is 2.03. The molecule has 0 fully saturated rings. The standard InChI is InChI=1S/C20H22ClNOS/c1-2-24-13-15-4-3-5-18-19(12-22-20(15)18)17(10-11-23)14-6-8-16(21)9-7-14/h3-9,12,17,22-23H,2,10-11,13H2,1H3. The molecule has 1 atom stereocenters. The van der Waals surface area contributed by atoms with Gasteiger partial charge < -0.3 is 10.1 Å². The summed E-state index contributed by atoms with van der Waals surface area (Å²) in [6.45, 7) is 2.34. The number of rotatable bonds is 7. The van der Waals surface area contributed by atoms with E-state index in [0.29, 0.717) is 6.42 Å². The lowest BCUT2D eigenvalue weighted by Crippen LogP contribution is -2.03. The van der Waals surface area contributed by atoms with Crippen molar-refractivity contribution in [3.05, 3.63) is 70.4 Å². The Morgan fingerprint density at radius 2 is 1.96 bits per heavy atom. The van der Waals surface area contributed by atoms with Crippen LogP contribution in [0.25, 0.3) is 10.9 Å². The van der Waals surface area contributed by atoms with Gasteiger partial charge in [-0.2, -0.15) is 11.8 Å². The van der Waals surface area contributed by atoms with Crippen molar-refractivity contribution in [2.45, 2.75) is 25.0 Å². The Morgan fingerprint density at radius 1 is 1.17 bits per heavy atom. The maximum Gasteiger partial charge on any atom is 0.0498 e. The summed E-state index contributed by atoms with van der Waals surface area (Å²) in [5.74, 6) is 2.29. The number of aliphatic hydroxyl groups excluding tert-OH is 1. The van der Waals surface area contributed by atoms with Crippen molar-refractivity contribution >= 4 is 34.3 Å². The smallest absolute Gasteiger partial charge is 0.0498 e. The van der Waals surface area contributed by atoms with Gasteiger partial charge in [0.05, 0.1) is 0 Å². The number of hydrogen-bond acceptors (Lipinski definition) is 2. The fourth-order valence-corrected chi connectivity index (χ4v) is 3.98. The van der Waals surface area contributed by atoms with Gasteiger partial charge in [0.2, 0.25) is 0 Å². The number of hydrogen-bond donors (Lipinski definition) is 2. The topological polar surface area (TPSA) is 36.0 Å². The highest BCUT2D eigenvalue weighted by molar-refractivity contribution is 7.98. The van der Waals surface area contributed by atoms with E-state index in [1.54, 1.807) is 0 Å². The first kappa shape index (κ1) is 17.4. The van der Waals surface area contributed by atoms with Gasteiger partial charge in [-0.1, -0.05) is 48.9 Å². The molecule has 126 valence electrons. The van der Waals surface area contributed by atoms with Crippen molar-refractivity contribution in [3.63, 3.8) is 0 Å². The maximum atomic E-state index is 9.55. The zero-order chi connectivity index (χ0) is 16.9. The van der Waals surface area contributed by atoms with Gasteiger partial charge in [0, 0.05) is 40.4 Å². The van der Waals surface area contributed by atoms with Crippen LogP contribution in [0, 0.1) is 0 Å². The molecule has 0 aliphatic carbocycles. The van der Waals surface area contributed by atoms with Crippen molar-refractivity contribution < 1.29 is 5.11 Å². The zero-order valence-electron chi connectivity index (χ0n) is 13.8. The molecule has 0 aliphatic heterocycles. The quantitative estimate of drug-likeness (QED) is 0.577. The van der Waals surface area contributed by atoms with E-state index in [2.05, 4.69) is 48.4 Å². The van der Waals surface area contributed by atoms with Gasteiger partial charge in [-0.05, 0) is 41.0 Å². The molecule has 2 nitrogen and oxygen atoms in total. The SMILES string of the molecule is CCSCc1cccc2c(C(CCO)c3ccc(Cl)cc3)c[nH]c12. The summed E-state index contributed by atoms with van der Waals surface area (Å²) >= 11 is 7.95. The average Bonchev–Trinajstić information content (AvgIpc) is 3.03. The normalized spacial score (nSPS) is 12.6. The third-order valence-corrected chi connectivity index (χ3v) is 5.54. The largest absolute Gasteiger partial charge is 0.396 e. The lowest BCUT2D eigenvalue weighted by molar-refractivity contribution is 0.282. The third kappa shape index (κ3) is 3.64. The number of H-pyrrole nitrogens is 1. The Kier molecular flexibility index (Phi) is 5.88. The molecule has 3 aromatic rings. The first-order valence-corrected chi connectivity index (χ1v) is 9.80. The molecule has 1 heterocycles. The van der Waals surface area contributed by atoms with Gasteiger partial charge in [0.1, 0.15) is 0 Å². The second-order valence-corrected chi connectivity index (χ2v) is 7.55. The highest BCUT2D eigenvalue weighted by Crippen LogP contribution is 2.35. The molecule has 0 amide bonds. The molecule has 2 aromatic carbocycles. The summed E-state index contributed by atoms with van der Waals surface area (Å²) < 4.78 is 0. The summed E-state index contributed by atoms with van der Waals surface area (Å²) in [5, 5.41) is 11.5. The van der Waals surface area contributed by atoms with Gasteiger partial charge in [-0.3, -0.25) is 0 Å². The van der Waals surface area contributed by atoms with Gasteiger partial charge in [0.25, 0.3) is 0 Å². The van der Waals surface area contributed by atoms with Crippen LogP contribution < -0.4 is 0 Å². The van der Waals surface area contributed by atoms with E-state index < -0.39 is 0 Å². The zero-order valence-corrected chi connectivity index (χ0v) is 15.3. The number of aliphatic hydroxyl groups is 1. The third-order valence-electron chi connectivity index (χ3n) is 4.36. The number of aromatic amines is 1. The summed E-state index contributed by atoms with van der Waals surface area (Å²) in [4.78, 5) is 3.46. The summed E-state index contributed by atoms with van der Waals surface area (Å²) in [6, 6.07) is 14.4. The van der Waals surface area contributed by atoms with Crippen LogP contribution in [-0.2, 0) is 5.75 Å². The van der Waals surface area contributed by atoms with E-state index >= 15 is 0 Å². The van der Waals surface area contributed by atoms with Gasteiger partial charge in [-0.25, -0.2) is 0 Å². The van der Waals surface area contributed by atoms with Crippen LogP contribution >= 0.6 is 23.4 Å². The molecule has 0 radical (unpaired) electrons. The molecule has 1 unspecified atom stereocenters. The highest BCUT2D eigenvalue weighted by Gasteiger charge is 2.18. The van der Waals surface area contributed by atoms with Gasteiger partial charge >= 0.3 is 0 Å². The second-order valence-electron chi connectivity index (χ2n) is 5.84. The lowest BCUT2D eigenvalue weighted by atomic mass is 9.88. The van der Waals surface area contributed by atoms with E-state index in [1.165, 1.54) is 27.6 Å². The predicted molar refractivity (Wildman–Crippen MR) is 105 cm³/mol. The minimum Gasteiger partial charge on any atom is -0.396 e. The summed E-state index contributed by atoms with van der Waals surface area (Å²) in [7, 11) is 0. The van der Waals surface area contributed by atoms with E-state index in [1.807, 2.05) is 23.9 Å². The molecular formula is C20H22ClNOS. The minimum atomic E-state index is 0.158. The Labute approximate surface area is 152 Å². The van der Waals surface area contributed by atoms with Gasteiger partial charge in [0.15, 0.2) is 0 Å². The van der Waals surface area contributed by atoms with E-state index in [9.17, 15) is 5.11 Å². The lowest BCUT2D eigenvalue weighted by Gasteiger charge is -2.16. The van der Waals surface area contributed by atoms with Crippen LogP contribution in [-0.4, -0.2) is 22.5 Å². The minimum absolute atomic E-state index is 0.158. The number of para-hydroxylation sites is 1. The molecule has 24 heavy (non-hydrogen) atoms. The Hall–Kier alpha value is -1.42. The van der Waals surface area contributed by atoms with Crippen LogP contribution in [0.2, 0.25) is 5.02 Å². The molecule has 2 N–H and O–H groups in total. The average molecular weight is 360 g/mol. The number of halogens is 1. The predicted octanol–water partition coefficient (Wildman–Crippen LogP) is 5.59. The van der Waals surface area contributed by atoms with Crippen molar-refractivity contribution in [3.8, 4) is 0 Å². The van der Waals surface area contributed by atoms with Crippen LogP contribution in [0.15, 0.2) is 48.7 Å². The highest BCUT2D eigenvalue weighted by atomic mass is 35.5. The molecular weight excluding hydrogens is 338 g/mol. The molecule has 1 aromatic heterocycles. The van der Waals surface area contributed by atoms with Crippen LogP contribution in [0.3, 0.4) is 0 Å². The number of nitrogens with one attached hydrogen (secondary N) is 1. The number of benzene rings is 2. The molecule has 0 spiro atoms. The maximum absolute atomic E-state index is 9.55. The van der Waals surface area contributed by atoms with Crippen molar-refractivity contribution in [2.24, 2.45) is 0 Å². The van der Waals surface area contributed by atoms with E-state index in [0.717, 1.165) is 16.5 Å². The molecule has 0 aliphatic rings. The van der Waals surface area contributed by atoms with Crippen LogP contribution in [0.5, 0.6) is 0 Å². The molecule has 0 saturated heterocycles. The van der Waals surface area contributed by atoms with Crippen LogP contribution in [0.4, 0.5) is 0 Å². The number of fused-ring (bicyclic) bond motifs is 1. The first-order chi connectivity index (χ1) is 11.7. The van der Waals surface area contributed by atoms with Crippen LogP contribution in [0.1, 0.15) is 36.0 Å². The van der Waals surface area contributed by atoms with E-state index in [-0.39, 0.29) is 12.5 Å². The fraction of sp³-hybridized carbons (Fsp3) is 0.300. The van der Waals surface area contributed by atoms with Crippen molar-refractivity contribution in [1.29, 1.82) is 0 Å². The number of aromatic nitrogens is 1. The Morgan fingerprint density at radius 3 is 2.67 bits per heavy atom. The van der Waals surface area contributed by atoms with E-state index in [4.69, 9.17) is 11.6 Å². The molecule has 3 rings (SSSR count). The molecule has 0 bridgehead atoms. The van der Waals surface area contributed by atoms with Gasteiger partial charge in [-0.15, -0.1) is 0 Å². The molecule has 4 heteroatoms. The number of thioether (sulfide) groups is 1. The summed E-state index contributed by atoms with van der Waals surface area (Å²) in [5.41, 5.74) is 4.97. The summed E-state index contributed by atoms with van der Waals surface area (Å²) in [6.07, 6.45) is 2.79. The second kappa shape index (κ2) is 8.11. The van der Waals surface area contributed by atoms with Crippen molar-refractivity contribution in [2.75, 3.05) is 12.4 Å². The van der Waals surface area contributed by atoms with Crippen molar-refractivity contribution in [1.82, 2.24) is 4.98 Å². The monoisotopic (exact) mass is 359 g/mol. The first-order valence-electron chi connectivity index (χ1n) is 8.27. The Bertz CT molecular complexity index is 797. The molecule has 0 saturated carbocycles. The fourth-order valence-electron chi connectivity index (χ4n) is 3.19.